The number of ether oxygens (including phenoxy) is 1. The second-order valence-corrected chi connectivity index (χ2v) is 11.1. The van der Waals surface area contributed by atoms with Crippen molar-refractivity contribution in [3.8, 4) is 0 Å². The number of aromatic carboxylic acids is 1. The summed E-state index contributed by atoms with van der Waals surface area (Å²) in [7, 11) is 0. The van der Waals surface area contributed by atoms with E-state index in [4.69, 9.17) is 9.84 Å². The molecule has 38 heavy (non-hydrogen) atoms. The maximum absolute atomic E-state index is 13.4. The van der Waals surface area contributed by atoms with Crippen molar-refractivity contribution in [3.05, 3.63) is 77.1 Å². The van der Waals surface area contributed by atoms with E-state index in [9.17, 15) is 18.8 Å². The molecule has 0 aromatic heterocycles. The van der Waals surface area contributed by atoms with Gasteiger partial charge in [-0.15, -0.1) is 0 Å². The van der Waals surface area contributed by atoms with Gasteiger partial charge in [0.15, 0.2) is 0 Å². The van der Waals surface area contributed by atoms with Crippen molar-refractivity contribution in [2.24, 2.45) is 5.92 Å². The highest BCUT2D eigenvalue weighted by molar-refractivity contribution is 5.92. The van der Waals surface area contributed by atoms with Gasteiger partial charge >= 0.3 is 12.1 Å². The fourth-order valence-electron chi connectivity index (χ4n) is 4.88. The number of rotatable bonds is 7. The van der Waals surface area contributed by atoms with E-state index in [2.05, 4.69) is 0 Å². The number of carbonyl (C=O) groups excluding carboxylic acids is 2. The first-order chi connectivity index (χ1) is 18.0. The van der Waals surface area contributed by atoms with Gasteiger partial charge in [-0.2, -0.15) is 0 Å². The van der Waals surface area contributed by atoms with Crippen LogP contribution in [0.5, 0.6) is 0 Å². The molecule has 2 atom stereocenters. The Hall–Kier alpha value is -3.68. The molecule has 0 bridgehead atoms. The Balaban J connectivity index is 1.33. The van der Waals surface area contributed by atoms with Gasteiger partial charge in [-0.1, -0.05) is 24.3 Å². The van der Waals surface area contributed by atoms with Crippen LogP contribution < -0.4 is 0 Å². The first kappa shape index (κ1) is 27.4. The molecular weight excluding hydrogens is 487 g/mol. The Morgan fingerprint density at radius 3 is 2.26 bits per heavy atom. The Kier molecular flexibility index (Phi) is 8.19. The summed E-state index contributed by atoms with van der Waals surface area (Å²) in [6.45, 7) is 7.31. The SMILES string of the molecule is CC(C)(C)OC(=O)N(CC1CCN(C(=O)C=Cc2ccc(C(=O)O)cc2)CC1)C1CC1c1ccc(F)cc1. The second-order valence-electron chi connectivity index (χ2n) is 11.1. The minimum absolute atomic E-state index is 0.0189. The smallest absolute Gasteiger partial charge is 0.410 e. The first-order valence-electron chi connectivity index (χ1n) is 13.1. The van der Waals surface area contributed by atoms with Crippen LogP contribution in [0, 0.1) is 11.7 Å². The molecule has 1 N–H and O–H groups in total. The Morgan fingerprint density at radius 2 is 1.68 bits per heavy atom. The van der Waals surface area contributed by atoms with Crippen molar-refractivity contribution < 1.29 is 28.6 Å². The van der Waals surface area contributed by atoms with Crippen LogP contribution in [-0.4, -0.2) is 64.2 Å². The second kappa shape index (κ2) is 11.4. The van der Waals surface area contributed by atoms with Crippen molar-refractivity contribution in [2.45, 2.75) is 57.6 Å². The highest BCUT2D eigenvalue weighted by Gasteiger charge is 2.46. The summed E-state index contributed by atoms with van der Waals surface area (Å²) in [5, 5.41) is 9.01. The molecule has 1 aliphatic carbocycles. The monoisotopic (exact) mass is 522 g/mol. The van der Waals surface area contributed by atoms with E-state index in [1.165, 1.54) is 30.3 Å². The highest BCUT2D eigenvalue weighted by Crippen LogP contribution is 2.45. The van der Waals surface area contributed by atoms with E-state index in [1.54, 1.807) is 35.2 Å². The third kappa shape index (κ3) is 7.21. The molecule has 2 amide bonds. The zero-order valence-electron chi connectivity index (χ0n) is 22.1. The predicted molar refractivity (Wildman–Crippen MR) is 142 cm³/mol. The van der Waals surface area contributed by atoms with Crippen LogP contribution in [0.1, 0.15) is 67.4 Å². The molecule has 2 fully saturated rings. The van der Waals surface area contributed by atoms with Crippen molar-refractivity contribution in [2.75, 3.05) is 19.6 Å². The average Bonchev–Trinajstić information content (AvgIpc) is 3.66. The molecule has 1 aliphatic heterocycles. The van der Waals surface area contributed by atoms with Gasteiger partial charge < -0.3 is 19.6 Å². The number of likely N-dealkylation sites (tertiary alicyclic amines) is 1. The molecule has 2 aliphatic rings. The number of hydrogen-bond acceptors (Lipinski definition) is 4. The number of carbonyl (C=O) groups is 3. The van der Waals surface area contributed by atoms with Gasteiger partial charge in [0.2, 0.25) is 5.91 Å². The van der Waals surface area contributed by atoms with Crippen LogP contribution >= 0.6 is 0 Å². The van der Waals surface area contributed by atoms with Gasteiger partial charge in [-0.05, 0) is 87.4 Å². The maximum atomic E-state index is 13.4. The number of carboxylic acid groups (broad SMARTS) is 1. The largest absolute Gasteiger partial charge is 0.478 e. The molecule has 0 spiro atoms. The Morgan fingerprint density at radius 1 is 1.05 bits per heavy atom. The van der Waals surface area contributed by atoms with E-state index >= 15 is 0 Å². The van der Waals surface area contributed by atoms with Crippen LogP contribution in [0.4, 0.5) is 9.18 Å². The fourth-order valence-corrected chi connectivity index (χ4v) is 4.88. The highest BCUT2D eigenvalue weighted by atomic mass is 19.1. The Labute approximate surface area is 222 Å². The first-order valence-corrected chi connectivity index (χ1v) is 13.1. The summed E-state index contributed by atoms with van der Waals surface area (Å²) in [6.07, 6.45) is 5.25. The number of carboxylic acids is 1. The van der Waals surface area contributed by atoms with E-state index in [-0.39, 0.29) is 41.3 Å². The summed E-state index contributed by atoms with van der Waals surface area (Å²) in [4.78, 5) is 40.5. The van der Waals surface area contributed by atoms with E-state index < -0.39 is 11.6 Å². The number of hydrogen-bond donors (Lipinski definition) is 1. The molecule has 4 rings (SSSR count). The zero-order chi connectivity index (χ0) is 27.4. The minimum atomic E-state index is -0.989. The molecule has 202 valence electrons. The van der Waals surface area contributed by atoms with Crippen molar-refractivity contribution in [1.29, 1.82) is 0 Å². The van der Waals surface area contributed by atoms with Crippen LogP contribution in [0.2, 0.25) is 0 Å². The lowest BCUT2D eigenvalue weighted by Gasteiger charge is -2.35. The van der Waals surface area contributed by atoms with Crippen molar-refractivity contribution in [1.82, 2.24) is 9.80 Å². The summed E-state index contributed by atoms with van der Waals surface area (Å²) >= 11 is 0. The van der Waals surface area contributed by atoms with Crippen LogP contribution in [0.3, 0.4) is 0 Å². The van der Waals surface area contributed by atoms with Gasteiger partial charge in [0.25, 0.3) is 0 Å². The molecule has 1 heterocycles. The number of benzene rings is 2. The molecule has 8 heteroatoms. The third-order valence-electron chi connectivity index (χ3n) is 7.04. The third-order valence-corrected chi connectivity index (χ3v) is 7.04. The standard InChI is InChI=1S/C30H35FN2O5/c1-30(2,3)38-29(37)33(26-18-25(26)22-9-11-24(31)12-10-22)19-21-14-16-32(17-15-21)27(34)13-6-20-4-7-23(8-5-20)28(35)36/h4-13,21,25-26H,14-19H2,1-3H3,(H,35,36). The summed E-state index contributed by atoms with van der Waals surface area (Å²) in [5.74, 6) is -0.944. The van der Waals surface area contributed by atoms with Gasteiger partial charge in [-0.3, -0.25) is 4.79 Å². The molecule has 7 nitrogen and oxygen atoms in total. The lowest BCUT2D eigenvalue weighted by Crippen LogP contribution is -2.45. The molecule has 1 saturated heterocycles. The predicted octanol–water partition coefficient (Wildman–Crippen LogP) is 5.57. The van der Waals surface area contributed by atoms with Gasteiger partial charge in [0.1, 0.15) is 11.4 Å². The Bertz CT molecular complexity index is 1180. The van der Waals surface area contributed by atoms with Gasteiger partial charge in [-0.25, -0.2) is 14.0 Å². The number of nitrogens with zero attached hydrogens (tertiary/aromatic N) is 2. The molecule has 2 aromatic rings. The number of piperidine rings is 1. The van der Waals surface area contributed by atoms with Crippen molar-refractivity contribution in [3.63, 3.8) is 0 Å². The topological polar surface area (TPSA) is 87.2 Å². The minimum Gasteiger partial charge on any atom is -0.478 e. The fraction of sp³-hybridized carbons (Fsp3) is 0.433. The summed E-state index contributed by atoms with van der Waals surface area (Å²) < 4.78 is 19.1. The quantitative estimate of drug-likeness (QED) is 0.481. The summed E-state index contributed by atoms with van der Waals surface area (Å²) in [5.41, 5.74) is 1.37. The van der Waals surface area contributed by atoms with E-state index in [0.717, 1.165) is 30.4 Å². The maximum Gasteiger partial charge on any atom is 0.410 e. The molecule has 1 saturated carbocycles. The molecule has 2 unspecified atom stereocenters. The van der Waals surface area contributed by atoms with Crippen molar-refractivity contribution >= 4 is 24.0 Å². The lowest BCUT2D eigenvalue weighted by molar-refractivity contribution is -0.127. The van der Waals surface area contributed by atoms with E-state index in [0.29, 0.717) is 19.6 Å². The van der Waals surface area contributed by atoms with Gasteiger partial charge in [0, 0.05) is 37.7 Å². The van der Waals surface area contributed by atoms with Crippen LogP contribution in [0.15, 0.2) is 54.6 Å². The summed E-state index contributed by atoms with van der Waals surface area (Å²) in [6, 6.07) is 12.8. The van der Waals surface area contributed by atoms with Crippen LogP contribution in [-0.2, 0) is 9.53 Å². The molecule has 2 aromatic carbocycles. The lowest BCUT2D eigenvalue weighted by atomic mass is 9.96. The number of amides is 2. The van der Waals surface area contributed by atoms with Crippen LogP contribution in [0.25, 0.3) is 6.08 Å². The average molecular weight is 523 g/mol. The molecule has 0 radical (unpaired) electrons. The molecular formula is C30H35FN2O5. The van der Waals surface area contributed by atoms with Gasteiger partial charge in [0.05, 0.1) is 5.56 Å². The normalized spacial score (nSPS) is 19.8. The van der Waals surface area contributed by atoms with E-state index in [1.807, 2.05) is 25.7 Å². The number of halogens is 1. The zero-order valence-corrected chi connectivity index (χ0v) is 22.1.